The van der Waals surface area contributed by atoms with Crippen LogP contribution in [0.5, 0.6) is 0 Å². The van der Waals surface area contributed by atoms with Crippen LogP contribution in [0.3, 0.4) is 0 Å². The summed E-state index contributed by atoms with van der Waals surface area (Å²) in [7, 11) is -3.72. The van der Waals surface area contributed by atoms with E-state index in [0.29, 0.717) is 51.5 Å². The zero-order chi connectivity index (χ0) is 22.7. The minimum atomic E-state index is -3.72. The zero-order valence-electron chi connectivity index (χ0n) is 18.2. The predicted octanol–water partition coefficient (Wildman–Crippen LogP) is 2.22. The van der Waals surface area contributed by atoms with E-state index in [0.717, 1.165) is 25.7 Å². The number of carbonyl (C=O) groups excluding carboxylic acids is 1. The largest absolute Gasteiger partial charge is 0.378 e. The molecule has 32 heavy (non-hydrogen) atoms. The van der Waals surface area contributed by atoms with Crippen molar-refractivity contribution in [3.63, 3.8) is 0 Å². The first-order chi connectivity index (χ1) is 15.4. The lowest BCUT2D eigenvalue weighted by Gasteiger charge is -2.27. The SMILES string of the molecule is C=CCn1cc(C(=O)N2CCOCC2)c(=O)c2cc(S(=O)(=O)N3CCCCCC3)ccc21. The van der Waals surface area contributed by atoms with Crippen LogP contribution in [0.1, 0.15) is 36.0 Å². The molecule has 0 spiro atoms. The summed E-state index contributed by atoms with van der Waals surface area (Å²) in [6.45, 7) is 6.81. The van der Waals surface area contributed by atoms with E-state index in [4.69, 9.17) is 4.74 Å². The minimum absolute atomic E-state index is 0.0329. The number of morpholine rings is 1. The standard InChI is InChI=1S/C23H29N3O5S/c1-2-9-25-17-20(23(28)24-12-14-31-15-13-24)22(27)19-16-18(7-8-21(19)25)32(29,30)26-10-5-3-4-6-11-26/h2,7-8,16-17H,1,3-6,9-15H2. The van der Waals surface area contributed by atoms with Crippen LogP contribution in [0, 0.1) is 0 Å². The molecule has 0 bridgehead atoms. The molecule has 0 unspecified atom stereocenters. The summed E-state index contributed by atoms with van der Waals surface area (Å²) >= 11 is 0. The van der Waals surface area contributed by atoms with Crippen molar-refractivity contribution in [2.45, 2.75) is 37.1 Å². The van der Waals surface area contributed by atoms with E-state index in [-0.39, 0.29) is 21.8 Å². The Morgan fingerprint density at radius 1 is 1.06 bits per heavy atom. The van der Waals surface area contributed by atoms with Crippen molar-refractivity contribution in [1.82, 2.24) is 13.8 Å². The molecule has 0 saturated carbocycles. The summed E-state index contributed by atoms with van der Waals surface area (Å²) in [6.07, 6.45) is 6.92. The van der Waals surface area contributed by atoms with Crippen LogP contribution in [-0.2, 0) is 21.3 Å². The number of ether oxygens (including phenoxy) is 1. The molecule has 2 saturated heterocycles. The van der Waals surface area contributed by atoms with Crippen molar-refractivity contribution in [2.24, 2.45) is 0 Å². The number of carbonyl (C=O) groups is 1. The van der Waals surface area contributed by atoms with E-state index in [1.54, 1.807) is 33.9 Å². The van der Waals surface area contributed by atoms with E-state index in [2.05, 4.69) is 6.58 Å². The maximum Gasteiger partial charge on any atom is 0.259 e. The van der Waals surface area contributed by atoms with Crippen molar-refractivity contribution < 1.29 is 17.9 Å². The second kappa shape index (κ2) is 9.56. The van der Waals surface area contributed by atoms with E-state index < -0.39 is 15.5 Å². The Kier molecular flexibility index (Phi) is 6.78. The highest BCUT2D eigenvalue weighted by Crippen LogP contribution is 2.24. The Bertz CT molecular complexity index is 1170. The van der Waals surface area contributed by atoms with Gasteiger partial charge in [-0.1, -0.05) is 18.9 Å². The van der Waals surface area contributed by atoms with Crippen LogP contribution in [0.4, 0.5) is 0 Å². The van der Waals surface area contributed by atoms with Crippen LogP contribution < -0.4 is 5.43 Å². The molecule has 2 aliphatic rings. The number of nitrogens with zero attached hydrogens (tertiary/aromatic N) is 3. The molecule has 172 valence electrons. The first-order valence-corrected chi connectivity index (χ1v) is 12.5. The quantitative estimate of drug-likeness (QED) is 0.640. The van der Waals surface area contributed by atoms with E-state index in [9.17, 15) is 18.0 Å². The maximum atomic E-state index is 13.4. The molecule has 4 rings (SSSR count). The highest BCUT2D eigenvalue weighted by atomic mass is 32.2. The summed E-state index contributed by atoms with van der Waals surface area (Å²) in [5.74, 6) is -0.362. The average molecular weight is 460 g/mol. The molecular formula is C23H29N3O5S. The topological polar surface area (TPSA) is 88.9 Å². The van der Waals surface area contributed by atoms with Gasteiger partial charge < -0.3 is 14.2 Å². The number of hydrogen-bond acceptors (Lipinski definition) is 5. The molecule has 8 nitrogen and oxygen atoms in total. The van der Waals surface area contributed by atoms with Crippen LogP contribution in [0.2, 0.25) is 0 Å². The van der Waals surface area contributed by atoms with Gasteiger partial charge in [-0.25, -0.2) is 8.42 Å². The van der Waals surface area contributed by atoms with Gasteiger partial charge in [0.1, 0.15) is 5.56 Å². The fourth-order valence-electron chi connectivity index (χ4n) is 4.35. The highest BCUT2D eigenvalue weighted by Gasteiger charge is 2.27. The van der Waals surface area contributed by atoms with Gasteiger partial charge in [-0.05, 0) is 31.0 Å². The van der Waals surface area contributed by atoms with Gasteiger partial charge in [-0.3, -0.25) is 9.59 Å². The number of amides is 1. The van der Waals surface area contributed by atoms with Crippen molar-refractivity contribution >= 4 is 26.8 Å². The molecule has 1 aromatic carbocycles. The average Bonchev–Trinajstić information content (AvgIpc) is 3.11. The molecule has 0 radical (unpaired) electrons. The Morgan fingerprint density at radius 3 is 2.41 bits per heavy atom. The summed E-state index contributed by atoms with van der Waals surface area (Å²) < 4.78 is 35.1. The van der Waals surface area contributed by atoms with Crippen LogP contribution in [-0.4, -0.2) is 67.5 Å². The van der Waals surface area contributed by atoms with Crippen molar-refractivity contribution in [3.8, 4) is 0 Å². The third-order valence-electron chi connectivity index (χ3n) is 6.11. The molecule has 1 amide bonds. The van der Waals surface area contributed by atoms with Crippen LogP contribution in [0.25, 0.3) is 10.9 Å². The number of rotatable bonds is 5. The maximum absolute atomic E-state index is 13.4. The summed E-state index contributed by atoms with van der Waals surface area (Å²) in [5.41, 5.74) is 0.151. The molecule has 0 N–H and O–H groups in total. The van der Waals surface area contributed by atoms with Gasteiger partial charge in [0.25, 0.3) is 5.91 Å². The Hall–Kier alpha value is -2.49. The van der Waals surface area contributed by atoms with Gasteiger partial charge >= 0.3 is 0 Å². The first-order valence-electron chi connectivity index (χ1n) is 11.1. The van der Waals surface area contributed by atoms with Gasteiger partial charge in [0.2, 0.25) is 15.5 Å². The first kappa shape index (κ1) is 22.7. The Labute approximate surface area is 188 Å². The fourth-order valence-corrected chi connectivity index (χ4v) is 5.89. The smallest absolute Gasteiger partial charge is 0.259 e. The minimum Gasteiger partial charge on any atom is -0.378 e. The lowest BCUT2D eigenvalue weighted by atomic mass is 10.1. The molecule has 9 heteroatoms. The van der Waals surface area contributed by atoms with E-state index >= 15 is 0 Å². The lowest BCUT2D eigenvalue weighted by molar-refractivity contribution is 0.0301. The predicted molar refractivity (Wildman–Crippen MR) is 122 cm³/mol. The molecule has 0 aliphatic carbocycles. The van der Waals surface area contributed by atoms with Crippen molar-refractivity contribution in [2.75, 3.05) is 39.4 Å². The number of sulfonamides is 1. The second-order valence-corrected chi connectivity index (χ2v) is 10.2. The normalized spacial score (nSPS) is 18.4. The molecule has 2 aromatic rings. The van der Waals surface area contributed by atoms with Crippen molar-refractivity contribution in [3.05, 3.63) is 52.8 Å². The second-order valence-electron chi connectivity index (χ2n) is 8.21. The number of pyridine rings is 1. The van der Waals surface area contributed by atoms with Gasteiger partial charge in [0, 0.05) is 44.3 Å². The van der Waals surface area contributed by atoms with Gasteiger partial charge in [-0.2, -0.15) is 4.31 Å². The number of benzene rings is 1. The number of fused-ring (bicyclic) bond motifs is 1. The fraction of sp³-hybridized carbons (Fsp3) is 0.478. The van der Waals surface area contributed by atoms with Gasteiger partial charge in [-0.15, -0.1) is 6.58 Å². The zero-order valence-corrected chi connectivity index (χ0v) is 19.0. The highest BCUT2D eigenvalue weighted by molar-refractivity contribution is 7.89. The molecular weight excluding hydrogens is 430 g/mol. The Balaban J connectivity index is 1.82. The monoisotopic (exact) mass is 459 g/mol. The third-order valence-corrected chi connectivity index (χ3v) is 8.00. The number of allylic oxidation sites excluding steroid dienone is 1. The lowest BCUT2D eigenvalue weighted by Crippen LogP contribution is -2.42. The summed E-state index contributed by atoms with van der Waals surface area (Å²) in [5, 5.41) is 0.224. The van der Waals surface area contributed by atoms with Gasteiger partial charge in [0.15, 0.2) is 0 Å². The van der Waals surface area contributed by atoms with Gasteiger partial charge in [0.05, 0.1) is 23.6 Å². The number of hydrogen-bond donors (Lipinski definition) is 0. The molecule has 2 fully saturated rings. The third kappa shape index (κ3) is 4.37. The summed E-state index contributed by atoms with van der Waals surface area (Å²) in [6, 6.07) is 4.62. The number of aromatic nitrogens is 1. The summed E-state index contributed by atoms with van der Waals surface area (Å²) in [4.78, 5) is 28.1. The van der Waals surface area contributed by atoms with Crippen molar-refractivity contribution in [1.29, 1.82) is 0 Å². The Morgan fingerprint density at radius 2 is 1.75 bits per heavy atom. The molecule has 2 aliphatic heterocycles. The van der Waals surface area contributed by atoms with Crippen LogP contribution in [0.15, 0.2) is 46.7 Å². The molecule has 0 atom stereocenters. The van der Waals surface area contributed by atoms with Crippen LogP contribution >= 0.6 is 0 Å². The van der Waals surface area contributed by atoms with E-state index in [1.807, 2.05) is 0 Å². The molecule has 3 heterocycles. The molecule has 1 aromatic heterocycles. The van der Waals surface area contributed by atoms with E-state index in [1.165, 1.54) is 10.4 Å².